The molecule has 0 saturated heterocycles. The van der Waals surface area contributed by atoms with Crippen LogP contribution in [0.25, 0.3) is 16.5 Å². The predicted molar refractivity (Wildman–Crippen MR) is 122 cm³/mol. The van der Waals surface area contributed by atoms with E-state index in [1.165, 1.54) is 27.6 Å². The highest BCUT2D eigenvalue weighted by molar-refractivity contribution is 5.97. The molecular weight excluding hydrogens is 372 g/mol. The van der Waals surface area contributed by atoms with Crippen molar-refractivity contribution in [3.05, 3.63) is 71.7 Å². The minimum absolute atomic E-state index is 0.188. The lowest BCUT2D eigenvalue weighted by atomic mass is 9.86. The van der Waals surface area contributed by atoms with Crippen molar-refractivity contribution in [1.29, 1.82) is 0 Å². The summed E-state index contributed by atoms with van der Waals surface area (Å²) < 4.78 is 0. The maximum atomic E-state index is 13.3. The first kappa shape index (κ1) is 20.4. The van der Waals surface area contributed by atoms with Gasteiger partial charge in [-0.25, -0.2) is 0 Å². The summed E-state index contributed by atoms with van der Waals surface area (Å²) in [5.74, 6) is -0.00702. The lowest BCUT2D eigenvalue weighted by molar-refractivity contribution is -0.133. The summed E-state index contributed by atoms with van der Waals surface area (Å²) in [6, 6.07) is 12.3. The first-order valence-corrected chi connectivity index (χ1v) is 10.9. The number of carbonyl (C=O) groups excluding carboxylic acids is 1. The first-order valence-electron chi connectivity index (χ1n) is 10.9. The zero-order valence-electron chi connectivity index (χ0n) is 17.8. The zero-order valence-corrected chi connectivity index (χ0v) is 17.8. The molecule has 0 saturated carbocycles. The molecule has 0 aliphatic heterocycles. The SMILES string of the molecule is CCN(CC)C(=O)C(/C=C1\CCc2c[nH]c3cccc1c23)CNCc1ccccn1. The van der Waals surface area contributed by atoms with Crippen LogP contribution in [0.3, 0.4) is 0 Å². The minimum Gasteiger partial charge on any atom is -0.361 e. The third-order valence-corrected chi connectivity index (χ3v) is 5.99. The van der Waals surface area contributed by atoms with Crippen molar-refractivity contribution in [3.8, 4) is 0 Å². The van der Waals surface area contributed by atoms with Gasteiger partial charge in [-0.05, 0) is 61.6 Å². The molecule has 1 aromatic carbocycles. The van der Waals surface area contributed by atoms with E-state index in [1.54, 1.807) is 6.20 Å². The maximum Gasteiger partial charge on any atom is 0.230 e. The normalized spacial score (nSPS) is 15.5. The van der Waals surface area contributed by atoms with Crippen molar-refractivity contribution in [2.45, 2.75) is 33.2 Å². The highest BCUT2D eigenvalue weighted by Gasteiger charge is 2.24. The zero-order chi connectivity index (χ0) is 20.9. The van der Waals surface area contributed by atoms with E-state index in [0.29, 0.717) is 13.1 Å². The molecule has 156 valence electrons. The van der Waals surface area contributed by atoms with Crippen LogP contribution in [0.15, 0.2) is 54.9 Å². The van der Waals surface area contributed by atoms with Crippen molar-refractivity contribution < 1.29 is 4.79 Å². The van der Waals surface area contributed by atoms with E-state index in [4.69, 9.17) is 0 Å². The highest BCUT2D eigenvalue weighted by atomic mass is 16.2. The Balaban J connectivity index is 1.60. The third-order valence-electron chi connectivity index (χ3n) is 5.99. The van der Waals surface area contributed by atoms with Crippen molar-refractivity contribution in [3.63, 3.8) is 0 Å². The van der Waals surface area contributed by atoms with Crippen LogP contribution in [-0.4, -0.2) is 40.4 Å². The van der Waals surface area contributed by atoms with Crippen molar-refractivity contribution >= 4 is 22.4 Å². The summed E-state index contributed by atoms with van der Waals surface area (Å²) in [6.45, 7) is 6.80. The van der Waals surface area contributed by atoms with Crippen LogP contribution in [0, 0.1) is 5.92 Å². The van der Waals surface area contributed by atoms with Crippen LogP contribution in [-0.2, 0) is 17.8 Å². The summed E-state index contributed by atoms with van der Waals surface area (Å²) in [5, 5.41) is 4.76. The largest absolute Gasteiger partial charge is 0.361 e. The first-order chi connectivity index (χ1) is 14.7. The maximum absolute atomic E-state index is 13.3. The molecule has 1 atom stereocenters. The van der Waals surface area contributed by atoms with Crippen LogP contribution in [0.4, 0.5) is 0 Å². The van der Waals surface area contributed by atoms with Crippen molar-refractivity contribution in [2.24, 2.45) is 5.92 Å². The standard InChI is InChI=1S/C25H30N4O/c1-3-29(4-2)25(30)20(15-26-17-21-8-5-6-13-27-21)14-18-11-12-19-16-28-23-10-7-9-22(18)24(19)23/h5-10,13-14,16,20,26,28H,3-4,11-12,15,17H2,1-2H3/b18-14+. The number of hydrogen-bond donors (Lipinski definition) is 2. The summed E-state index contributed by atoms with van der Waals surface area (Å²) in [4.78, 5) is 23.0. The number of carbonyl (C=O) groups is 1. The number of aromatic nitrogens is 2. The van der Waals surface area contributed by atoms with Gasteiger partial charge >= 0.3 is 0 Å². The quantitative estimate of drug-likeness (QED) is 0.595. The molecule has 1 aliphatic carbocycles. The van der Waals surface area contributed by atoms with Gasteiger partial charge in [-0.1, -0.05) is 24.3 Å². The fraction of sp³-hybridized carbons (Fsp3) is 0.360. The number of pyridine rings is 1. The summed E-state index contributed by atoms with van der Waals surface area (Å²) in [6.07, 6.45) is 8.10. The molecule has 0 fully saturated rings. The topological polar surface area (TPSA) is 61.0 Å². The summed E-state index contributed by atoms with van der Waals surface area (Å²) in [5.41, 5.74) is 6.07. The number of allylic oxidation sites excluding steroid dienone is 1. The molecule has 1 unspecified atom stereocenters. The molecule has 0 radical (unpaired) electrons. The molecule has 0 bridgehead atoms. The van der Waals surface area contributed by atoms with E-state index in [2.05, 4.69) is 45.8 Å². The number of nitrogens with one attached hydrogen (secondary N) is 2. The molecule has 3 aromatic rings. The summed E-state index contributed by atoms with van der Waals surface area (Å²) in [7, 11) is 0. The van der Waals surface area contributed by atoms with E-state index >= 15 is 0 Å². The van der Waals surface area contributed by atoms with Gasteiger partial charge in [0.25, 0.3) is 0 Å². The number of aromatic amines is 1. The van der Waals surface area contributed by atoms with Crippen LogP contribution in [0.2, 0.25) is 0 Å². The van der Waals surface area contributed by atoms with Crippen LogP contribution >= 0.6 is 0 Å². The number of amides is 1. The molecule has 2 aromatic heterocycles. The van der Waals surface area contributed by atoms with E-state index in [9.17, 15) is 4.79 Å². The molecule has 2 N–H and O–H groups in total. The van der Waals surface area contributed by atoms with E-state index in [0.717, 1.165) is 31.6 Å². The number of rotatable bonds is 8. The van der Waals surface area contributed by atoms with E-state index in [-0.39, 0.29) is 11.8 Å². The number of hydrogen-bond acceptors (Lipinski definition) is 3. The van der Waals surface area contributed by atoms with Gasteiger partial charge in [0.1, 0.15) is 0 Å². The van der Waals surface area contributed by atoms with Crippen molar-refractivity contribution in [1.82, 2.24) is 20.2 Å². The molecular formula is C25H30N4O. The van der Waals surface area contributed by atoms with Gasteiger partial charge in [0, 0.05) is 49.5 Å². The van der Waals surface area contributed by atoms with Gasteiger partial charge < -0.3 is 15.2 Å². The lowest BCUT2D eigenvalue weighted by Crippen LogP contribution is -2.39. The number of aryl methyl sites for hydroxylation is 1. The second kappa shape index (κ2) is 9.26. The van der Waals surface area contributed by atoms with Crippen LogP contribution in [0.5, 0.6) is 0 Å². The molecule has 2 heterocycles. The monoisotopic (exact) mass is 402 g/mol. The van der Waals surface area contributed by atoms with Crippen molar-refractivity contribution in [2.75, 3.05) is 19.6 Å². The Kier molecular flexibility index (Phi) is 6.29. The highest BCUT2D eigenvalue weighted by Crippen LogP contribution is 2.36. The molecule has 5 heteroatoms. The van der Waals surface area contributed by atoms with Gasteiger partial charge in [-0.3, -0.25) is 9.78 Å². The molecule has 1 aliphatic rings. The molecule has 4 rings (SSSR count). The second-order valence-electron chi connectivity index (χ2n) is 7.80. The molecule has 30 heavy (non-hydrogen) atoms. The fourth-order valence-electron chi connectivity index (χ4n) is 4.39. The molecule has 1 amide bonds. The van der Waals surface area contributed by atoms with Gasteiger partial charge in [-0.2, -0.15) is 0 Å². The van der Waals surface area contributed by atoms with Gasteiger partial charge in [0.2, 0.25) is 5.91 Å². The third kappa shape index (κ3) is 4.17. The van der Waals surface area contributed by atoms with Gasteiger partial charge in [0.15, 0.2) is 0 Å². The fourth-order valence-corrected chi connectivity index (χ4v) is 4.39. The van der Waals surface area contributed by atoms with E-state index in [1.807, 2.05) is 36.9 Å². The minimum atomic E-state index is -0.195. The van der Waals surface area contributed by atoms with E-state index < -0.39 is 0 Å². The Morgan fingerprint density at radius 1 is 1.20 bits per heavy atom. The Hall–Kier alpha value is -2.92. The molecule has 5 nitrogen and oxygen atoms in total. The Labute approximate surface area is 178 Å². The lowest BCUT2D eigenvalue weighted by Gasteiger charge is -2.25. The van der Waals surface area contributed by atoms with Crippen LogP contribution < -0.4 is 5.32 Å². The predicted octanol–water partition coefficient (Wildman–Crippen LogP) is 4.17. The van der Waals surface area contributed by atoms with Gasteiger partial charge in [0.05, 0.1) is 11.6 Å². The second-order valence-corrected chi connectivity index (χ2v) is 7.80. The average Bonchev–Trinajstić information content (AvgIpc) is 3.21. The average molecular weight is 403 g/mol. The molecule has 0 spiro atoms. The Morgan fingerprint density at radius 2 is 2.07 bits per heavy atom. The smallest absolute Gasteiger partial charge is 0.230 e. The Bertz CT molecular complexity index is 1030. The number of H-pyrrole nitrogens is 1. The summed E-state index contributed by atoms with van der Waals surface area (Å²) >= 11 is 0. The number of nitrogens with zero attached hydrogens (tertiary/aromatic N) is 2. The van der Waals surface area contributed by atoms with Gasteiger partial charge in [-0.15, -0.1) is 0 Å². The van der Waals surface area contributed by atoms with Crippen LogP contribution in [0.1, 0.15) is 37.1 Å². The number of benzene rings is 1. The Morgan fingerprint density at radius 3 is 2.83 bits per heavy atom.